The van der Waals surface area contributed by atoms with E-state index in [-0.39, 0.29) is 5.88 Å². The highest BCUT2D eigenvalue weighted by Crippen LogP contribution is 1.87. The van der Waals surface area contributed by atoms with Gasteiger partial charge >= 0.3 is 0 Å². The van der Waals surface area contributed by atoms with E-state index in [1.807, 2.05) is 0 Å². The van der Waals surface area contributed by atoms with Crippen molar-refractivity contribution >= 4 is 11.6 Å². The van der Waals surface area contributed by atoms with Gasteiger partial charge in [0.1, 0.15) is 6.17 Å². The van der Waals surface area contributed by atoms with Crippen LogP contribution < -0.4 is 0 Å². The van der Waals surface area contributed by atoms with Gasteiger partial charge in [0, 0.05) is 0 Å². The number of hydrogen-bond donors (Lipinski definition) is 0. The summed E-state index contributed by atoms with van der Waals surface area (Å²) in [5.74, 6) is 0. The van der Waals surface area contributed by atoms with Crippen molar-refractivity contribution in [2.45, 2.75) is 6.17 Å². The van der Waals surface area contributed by atoms with Crippen LogP contribution in [0.3, 0.4) is 0 Å². The summed E-state index contributed by atoms with van der Waals surface area (Å²) in [6, 6.07) is 0. The van der Waals surface area contributed by atoms with Crippen LogP contribution in [-0.2, 0) is 0 Å². The molecule has 0 aromatic heterocycles. The molecule has 0 amide bonds. The van der Waals surface area contributed by atoms with Gasteiger partial charge in [0.15, 0.2) is 0 Å². The highest BCUT2D eigenvalue weighted by molar-refractivity contribution is 6.18. The van der Waals surface area contributed by atoms with Crippen LogP contribution in [0.5, 0.6) is 0 Å². The molecule has 0 fully saturated rings. The molecule has 0 aromatic rings. The zero-order chi connectivity index (χ0) is 4.28. The molecular formula is C3H5ClF. The molecule has 0 saturated carbocycles. The Hall–Kier alpha value is 0.220. The van der Waals surface area contributed by atoms with Crippen molar-refractivity contribution in [3.8, 4) is 0 Å². The molecule has 0 saturated heterocycles. The lowest BCUT2D eigenvalue weighted by Gasteiger charge is -1.83. The maximum Gasteiger partial charge on any atom is 0.114 e. The molecule has 0 rings (SSSR count). The van der Waals surface area contributed by atoms with Gasteiger partial charge in [-0.2, -0.15) is 0 Å². The lowest BCUT2D eigenvalue weighted by atomic mass is 10.5. The normalized spacial score (nSPS) is 15.0. The van der Waals surface area contributed by atoms with E-state index in [0.29, 0.717) is 0 Å². The molecule has 31 valence electrons. The lowest BCUT2D eigenvalue weighted by molar-refractivity contribution is 0.432. The third-order valence-corrected chi connectivity index (χ3v) is 0.502. The summed E-state index contributed by atoms with van der Waals surface area (Å²) < 4.78 is 11.2. The molecule has 1 radical (unpaired) electrons. The van der Waals surface area contributed by atoms with Gasteiger partial charge in [-0.1, -0.05) is 0 Å². The van der Waals surface area contributed by atoms with Crippen LogP contribution in [-0.4, -0.2) is 12.1 Å². The Bertz CT molecular complexity index is 20.9. The Morgan fingerprint density at radius 3 is 2.20 bits per heavy atom. The van der Waals surface area contributed by atoms with Crippen molar-refractivity contribution in [1.82, 2.24) is 0 Å². The lowest BCUT2D eigenvalue weighted by Crippen LogP contribution is -1.90. The first-order chi connectivity index (χ1) is 2.27. The Morgan fingerprint density at radius 1 is 2.00 bits per heavy atom. The summed E-state index contributed by atoms with van der Waals surface area (Å²) in [6.07, 6.45) is -1.10. The monoisotopic (exact) mass is 95.0 g/mol. The summed E-state index contributed by atoms with van der Waals surface area (Å²) in [7, 11) is 0. The standard InChI is InChI=1S/C3H5ClF/c1-3(5)2-4/h3H,1-2H2. The molecule has 2 heteroatoms. The molecule has 5 heavy (non-hydrogen) atoms. The van der Waals surface area contributed by atoms with Crippen molar-refractivity contribution in [2.24, 2.45) is 0 Å². The third-order valence-electron chi connectivity index (χ3n) is 0.167. The van der Waals surface area contributed by atoms with Gasteiger partial charge in [-0.25, -0.2) is 4.39 Å². The Morgan fingerprint density at radius 2 is 2.20 bits per heavy atom. The van der Waals surface area contributed by atoms with Crippen molar-refractivity contribution < 1.29 is 4.39 Å². The molecule has 0 spiro atoms. The zero-order valence-corrected chi connectivity index (χ0v) is 3.50. The first-order valence-electron chi connectivity index (χ1n) is 1.30. The van der Waals surface area contributed by atoms with Gasteiger partial charge in [0.25, 0.3) is 0 Å². The second-order valence-electron chi connectivity index (χ2n) is 0.752. The fourth-order valence-electron chi connectivity index (χ4n) is 0. The van der Waals surface area contributed by atoms with E-state index in [2.05, 4.69) is 6.92 Å². The topological polar surface area (TPSA) is 0 Å². The van der Waals surface area contributed by atoms with Crippen LogP contribution in [0.4, 0.5) is 4.39 Å². The zero-order valence-electron chi connectivity index (χ0n) is 2.75. The largest absolute Gasteiger partial charge is 0.246 e. The second kappa shape index (κ2) is 2.46. The van der Waals surface area contributed by atoms with Crippen LogP contribution in [0, 0.1) is 6.92 Å². The Labute approximate surface area is 35.9 Å². The van der Waals surface area contributed by atoms with Crippen LogP contribution >= 0.6 is 11.6 Å². The fraction of sp³-hybridized carbons (Fsp3) is 0.667. The van der Waals surface area contributed by atoms with Crippen LogP contribution in [0.1, 0.15) is 0 Å². The van der Waals surface area contributed by atoms with Crippen LogP contribution in [0.2, 0.25) is 0 Å². The van der Waals surface area contributed by atoms with Gasteiger partial charge in [0.2, 0.25) is 0 Å². The highest BCUT2D eigenvalue weighted by atomic mass is 35.5. The van der Waals surface area contributed by atoms with Gasteiger partial charge in [-0.05, 0) is 6.92 Å². The van der Waals surface area contributed by atoms with E-state index < -0.39 is 6.17 Å². The number of rotatable bonds is 1. The molecule has 0 nitrogen and oxygen atoms in total. The minimum Gasteiger partial charge on any atom is -0.246 e. The minimum absolute atomic E-state index is 0. The summed E-state index contributed by atoms with van der Waals surface area (Å²) >= 11 is 4.90. The van der Waals surface area contributed by atoms with Crippen molar-refractivity contribution in [3.63, 3.8) is 0 Å². The number of hydrogen-bond acceptors (Lipinski definition) is 0. The van der Waals surface area contributed by atoms with Crippen molar-refractivity contribution in [1.29, 1.82) is 0 Å². The average Bonchev–Trinajstić information content (AvgIpc) is 1.38. The quantitative estimate of drug-likeness (QED) is 0.432. The van der Waals surface area contributed by atoms with Gasteiger partial charge in [0.05, 0.1) is 5.88 Å². The summed E-state index contributed by atoms with van der Waals surface area (Å²) in [5.41, 5.74) is 0. The molecular weight excluding hydrogens is 90.5 g/mol. The smallest absolute Gasteiger partial charge is 0.114 e. The minimum atomic E-state index is -1.10. The molecule has 0 heterocycles. The predicted octanol–water partition coefficient (Wildman–Crippen LogP) is 1.40. The Kier molecular flexibility index (Phi) is 2.57. The predicted molar refractivity (Wildman–Crippen MR) is 21.0 cm³/mol. The van der Waals surface area contributed by atoms with Crippen LogP contribution in [0.15, 0.2) is 0 Å². The summed E-state index contributed by atoms with van der Waals surface area (Å²) in [6.45, 7) is 2.96. The van der Waals surface area contributed by atoms with E-state index in [0.717, 1.165) is 0 Å². The van der Waals surface area contributed by atoms with E-state index in [1.165, 1.54) is 0 Å². The molecule has 1 unspecified atom stereocenters. The SMILES string of the molecule is [CH2]C(F)CCl. The van der Waals surface area contributed by atoms with E-state index in [9.17, 15) is 4.39 Å². The average molecular weight is 95.5 g/mol. The van der Waals surface area contributed by atoms with Crippen LogP contribution in [0.25, 0.3) is 0 Å². The van der Waals surface area contributed by atoms with Gasteiger partial charge in [-0.15, -0.1) is 11.6 Å². The van der Waals surface area contributed by atoms with E-state index in [4.69, 9.17) is 11.6 Å². The fourth-order valence-corrected chi connectivity index (χ4v) is 0. The van der Waals surface area contributed by atoms with Gasteiger partial charge < -0.3 is 0 Å². The maximum atomic E-state index is 11.2. The van der Waals surface area contributed by atoms with E-state index >= 15 is 0 Å². The molecule has 0 aliphatic rings. The first kappa shape index (κ1) is 5.22. The van der Waals surface area contributed by atoms with Crippen molar-refractivity contribution in [3.05, 3.63) is 6.92 Å². The second-order valence-corrected chi connectivity index (χ2v) is 1.06. The molecule has 0 bridgehead atoms. The molecule has 0 aromatic carbocycles. The highest BCUT2D eigenvalue weighted by Gasteiger charge is 1.87. The maximum absolute atomic E-state index is 11.2. The summed E-state index contributed by atoms with van der Waals surface area (Å²) in [5, 5.41) is 0. The van der Waals surface area contributed by atoms with Crippen molar-refractivity contribution in [2.75, 3.05) is 5.88 Å². The molecule has 0 aliphatic carbocycles. The van der Waals surface area contributed by atoms with Gasteiger partial charge in [-0.3, -0.25) is 0 Å². The number of alkyl halides is 2. The molecule has 1 atom stereocenters. The van der Waals surface area contributed by atoms with E-state index in [1.54, 1.807) is 0 Å². The molecule has 0 aliphatic heterocycles. The third kappa shape index (κ3) is 4.22. The first-order valence-corrected chi connectivity index (χ1v) is 1.84. The molecule has 0 N–H and O–H groups in total. The number of halogens is 2. The Balaban J connectivity index is 2.54. The summed E-state index contributed by atoms with van der Waals surface area (Å²) in [4.78, 5) is 0.